The number of aliphatic carboxylic acids is 1. The smallest absolute Gasteiger partial charge is 0.306 e. The van der Waals surface area contributed by atoms with E-state index < -0.39 is 11.9 Å². The van der Waals surface area contributed by atoms with Crippen molar-refractivity contribution in [1.82, 2.24) is 4.90 Å². The van der Waals surface area contributed by atoms with E-state index in [1.54, 1.807) is 6.92 Å². The molecule has 1 N–H and O–H groups in total. The summed E-state index contributed by atoms with van der Waals surface area (Å²) in [7, 11) is 0. The molecule has 100 valence electrons. The summed E-state index contributed by atoms with van der Waals surface area (Å²) in [6, 6.07) is 0. The van der Waals surface area contributed by atoms with Gasteiger partial charge in [-0.3, -0.25) is 19.3 Å². The molecule has 2 amide bonds. The normalized spacial score (nSPS) is 32.9. The maximum atomic E-state index is 11.8. The van der Waals surface area contributed by atoms with E-state index >= 15 is 0 Å². The van der Waals surface area contributed by atoms with Gasteiger partial charge in [0.15, 0.2) is 0 Å². The predicted molar refractivity (Wildman–Crippen MR) is 63.6 cm³/mol. The zero-order chi connectivity index (χ0) is 13.3. The summed E-state index contributed by atoms with van der Waals surface area (Å²) >= 11 is 0. The predicted octanol–water partition coefficient (Wildman–Crippen LogP) is 1.27. The first-order valence-corrected chi connectivity index (χ1v) is 6.57. The summed E-state index contributed by atoms with van der Waals surface area (Å²) < 4.78 is 0. The molecule has 1 saturated carbocycles. The van der Waals surface area contributed by atoms with Gasteiger partial charge in [-0.15, -0.1) is 0 Å². The van der Waals surface area contributed by atoms with Crippen molar-refractivity contribution in [2.75, 3.05) is 6.54 Å². The van der Waals surface area contributed by atoms with Crippen molar-refractivity contribution in [1.29, 1.82) is 0 Å². The number of likely N-dealkylation sites (tertiary alicyclic amines) is 1. The molecule has 0 aromatic rings. The Balaban J connectivity index is 2.05. The molecule has 1 saturated heterocycles. The second-order valence-electron chi connectivity index (χ2n) is 5.44. The average Bonchev–Trinajstić information content (AvgIpc) is 2.56. The standard InChI is InChI=1S/C13H19NO4/c1-8-6-11(15)14(12(8)16)7-9-4-2-3-5-10(9)13(17)18/h8-10H,2-7H2,1H3,(H,17,18). The Hall–Kier alpha value is -1.39. The molecule has 2 fully saturated rings. The van der Waals surface area contributed by atoms with Crippen LogP contribution in [0.15, 0.2) is 0 Å². The van der Waals surface area contributed by atoms with Gasteiger partial charge in [0.25, 0.3) is 0 Å². The summed E-state index contributed by atoms with van der Waals surface area (Å²) in [4.78, 5) is 36.0. The molecule has 0 bridgehead atoms. The number of amides is 2. The first kappa shape index (κ1) is 13.1. The Labute approximate surface area is 106 Å². The molecule has 3 atom stereocenters. The fourth-order valence-electron chi connectivity index (χ4n) is 3.03. The second kappa shape index (κ2) is 5.08. The van der Waals surface area contributed by atoms with Gasteiger partial charge in [0, 0.05) is 18.9 Å². The number of rotatable bonds is 3. The Morgan fingerprint density at radius 3 is 2.56 bits per heavy atom. The number of carbonyl (C=O) groups excluding carboxylic acids is 2. The highest BCUT2D eigenvalue weighted by Gasteiger charge is 2.40. The van der Waals surface area contributed by atoms with Gasteiger partial charge in [0.2, 0.25) is 11.8 Å². The van der Waals surface area contributed by atoms with Gasteiger partial charge in [-0.05, 0) is 18.8 Å². The maximum Gasteiger partial charge on any atom is 0.306 e. The van der Waals surface area contributed by atoms with Crippen molar-refractivity contribution in [3.05, 3.63) is 0 Å². The van der Waals surface area contributed by atoms with Gasteiger partial charge in [-0.1, -0.05) is 19.8 Å². The third-order valence-electron chi connectivity index (χ3n) is 4.11. The Morgan fingerprint density at radius 1 is 1.33 bits per heavy atom. The largest absolute Gasteiger partial charge is 0.481 e. The van der Waals surface area contributed by atoms with Crippen LogP contribution in [0.5, 0.6) is 0 Å². The van der Waals surface area contributed by atoms with Gasteiger partial charge in [0.1, 0.15) is 0 Å². The van der Waals surface area contributed by atoms with Crippen molar-refractivity contribution in [3.8, 4) is 0 Å². The minimum Gasteiger partial charge on any atom is -0.481 e. The van der Waals surface area contributed by atoms with Crippen LogP contribution in [-0.2, 0) is 14.4 Å². The van der Waals surface area contributed by atoms with E-state index in [1.165, 1.54) is 4.90 Å². The zero-order valence-corrected chi connectivity index (χ0v) is 10.6. The summed E-state index contributed by atoms with van der Waals surface area (Å²) in [6.45, 7) is 2.04. The van der Waals surface area contributed by atoms with E-state index in [2.05, 4.69) is 0 Å². The average molecular weight is 253 g/mol. The molecule has 1 aliphatic carbocycles. The van der Waals surface area contributed by atoms with Crippen molar-refractivity contribution < 1.29 is 19.5 Å². The molecule has 2 aliphatic rings. The summed E-state index contributed by atoms with van der Waals surface area (Å²) in [5.41, 5.74) is 0. The molecule has 0 aromatic heterocycles. The van der Waals surface area contributed by atoms with Gasteiger partial charge in [-0.2, -0.15) is 0 Å². The third-order valence-corrected chi connectivity index (χ3v) is 4.11. The lowest BCUT2D eigenvalue weighted by molar-refractivity contribution is -0.148. The van der Waals surface area contributed by atoms with Crippen LogP contribution in [0.25, 0.3) is 0 Å². The lowest BCUT2D eigenvalue weighted by atomic mass is 9.79. The number of carboxylic acids is 1. The minimum atomic E-state index is -0.799. The van der Waals surface area contributed by atoms with Crippen LogP contribution in [0.3, 0.4) is 0 Å². The fraction of sp³-hybridized carbons (Fsp3) is 0.769. The lowest BCUT2D eigenvalue weighted by Gasteiger charge is -2.31. The molecular formula is C13H19NO4. The quantitative estimate of drug-likeness (QED) is 0.769. The highest BCUT2D eigenvalue weighted by molar-refractivity contribution is 6.03. The van der Waals surface area contributed by atoms with Crippen LogP contribution in [0, 0.1) is 17.8 Å². The fourth-order valence-corrected chi connectivity index (χ4v) is 3.03. The molecule has 1 heterocycles. The Kier molecular flexibility index (Phi) is 3.68. The molecule has 0 aromatic carbocycles. The van der Waals surface area contributed by atoms with Crippen molar-refractivity contribution in [2.24, 2.45) is 17.8 Å². The lowest BCUT2D eigenvalue weighted by Crippen LogP contribution is -2.40. The van der Waals surface area contributed by atoms with Crippen LogP contribution in [0.4, 0.5) is 0 Å². The van der Waals surface area contributed by atoms with Crippen LogP contribution in [-0.4, -0.2) is 34.3 Å². The molecular weight excluding hydrogens is 234 g/mol. The molecule has 1 aliphatic heterocycles. The van der Waals surface area contributed by atoms with Crippen LogP contribution >= 0.6 is 0 Å². The van der Waals surface area contributed by atoms with Crippen LogP contribution in [0.1, 0.15) is 39.0 Å². The molecule has 18 heavy (non-hydrogen) atoms. The molecule has 5 nitrogen and oxygen atoms in total. The van der Waals surface area contributed by atoms with Gasteiger partial charge in [-0.25, -0.2) is 0 Å². The zero-order valence-electron chi connectivity index (χ0n) is 10.6. The van der Waals surface area contributed by atoms with E-state index in [0.29, 0.717) is 13.0 Å². The first-order valence-electron chi connectivity index (χ1n) is 6.57. The minimum absolute atomic E-state index is 0.0746. The SMILES string of the molecule is CC1CC(=O)N(CC2CCCCC2C(=O)O)C1=O. The Bertz CT molecular complexity index is 379. The summed E-state index contributed by atoms with van der Waals surface area (Å²) in [6.07, 6.45) is 3.63. The second-order valence-corrected chi connectivity index (χ2v) is 5.44. The maximum absolute atomic E-state index is 11.8. The number of imide groups is 1. The van der Waals surface area contributed by atoms with Crippen molar-refractivity contribution in [3.63, 3.8) is 0 Å². The first-order chi connectivity index (χ1) is 8.50. The number of hydrogen-bond donors (Lipinski definition) is 1. The molecule has 2 rings (SSSR count). The molecule has 0 radical (unpaired) electrons. The van der Waals surface area contributed by atoms with Crippen LogP contribution in [0.2, 0.25) is 0 Å². The summed E-state index contributed by atoms with van der Waals surface area (Å²) in [5.74, 6) is -1.82. The van der Waals surface area contributed by atoms with Gasteiger partial charge >= 0.3 is 5.97 Å². The highest BCUT2D eigenvalue weighted by Crippen LogP contribution is 2.32. The molecule has 3 unspecified atom stereocenters. The van der Waals surface area contributed by atoms with Crippen molar-refractivity contribution >= 4 is 17.8 Å². The summed E-state index contributed by atoms with van der Waals surface area (Å²) in [5, 5.41) is 9.18. The monoisotopic (exact) mass is 253 g/mol. The van der Waals surface area contributed by atoms with E-state index in [0.717, 1.165) is 19.3 Å². The number of carboxylic acid groups (broad SMARTS) is 1. The van der Waals surface area contributed by atoms with E-state index in [-0.39, 0.29) is 30.1 Å². The third kappa shape index (κ3) is 2.40. The van der Waals surface area contributed by atoms with E-state index in [1.807, 2.05) is 0 Å². The molecule has 0 spiro atoms. The van der Waals surface area contributed by atoms with Crippen molar-refractivity contribution in [2.45, 2.75) is 39.0 Å². The number of hydrogen-bond acceptors (Lipinski definition) is 3. The van der Waals surface area contributed by atoms with Gasteiger partial charge in [0.05, 0.1) is 5.92 Å². The molecule has 5 heteroatoms. The van der Waals surface area contributed by atoms with Crippen LogP contribution < -0.4 is 0 Å². The van der Waals surface area contributed by atoms with E-state index in [9.17, 15) is 19.5 Å². The number of nitrogens with zero attached hydrogens (tertiary/aromatic N) is 1. The van der Waals surface area contributed by atoms with E-state index in [4.69, 9.17) is 0 Å². The topological polar surface area (TPSA) is 74.7 Å². The van der Waals surface area contributed by atoms with Gasteiger partial charge < -0.3 is 5.11 Å². The number of carbonyl (C=O) groups is 3. The Morgan fingerprint density at radius 2 is 2.00 bits per heavy atom. The highest BCUT2D eigenvalue weighted by atomic mass is 16.4.